The minimum atomic E-state index is -4.65. The van der Waals surface area contributed by atoms with Gasteiger partial charge in [-0.1, -0.05) is 59.5 Å². The van der Waals surface area contributed by atoms with Crippen LogP contribution in [-0.2, 0) is 20.6 Å². The molecule has 0 spiro atoms. The van der Waals surface area contributed by atoms with Gasteiger partial charge in [-0.05, 0) is 54.4 Å². The lowest BCUT2D eigenvalue weighted by Gasteiger charge is -2.29. The number of hydrogen-bond acceptors (Lipinski definition) is 7. The fraction of sp³-hybridized carbons (Fsp3) is 0.200. The van der Waals surface area contributed by atoms with Crippen LogP contribution in [0.1, 0.15) is 27.5 Å². The number of rotatable bonds is 6. The molecule has 2 unspecified atom stereocenters. The number of ether oxygens (including phenoxy) is 1. The minimum Gasteiger partial charge on any atom is -0.484 e. The average molecular weight is 626 g/mol. The second-order valence-corrected chi connectivity index (χ2v) is 12.2. The molecule has 0 saturated carbocycles. The monoisotopic (exact) mass is 625 g/mol. The van der Waals surface area contributed by atoms with Crippen molar-refractivity contribution in [3.05, 3.63) is 104 Å². The standard InChI is InChI=1S/C30H22F3N3O5S2/c1-15-5-2-3-8-20(15)34-21(37)14-41-19-11-9-16(10-12-19)22-23-25(42-26-24(22)43-29(40)35-26)28(39)36(27(23)38)18-7-4-6-17(13-18)30(31,32)33/h2-13,22-23,25H,14H2,1H3,(H,34,37)(H,35,40)/t22-,23?,25?/m1/s1. The van der Waals surface area contributed by atoms with Crippen LogP contribution < -0.4 is 19.8 Å². The Morgan fingerprint density at radius 1 is 1.00 bits per heavy atom. The summed E-state index contributed by atoms with van der Waals surface area (Å²) in [6, 6.07) is 18.0. The van der Waals surface area contributed by atoms with Crippen LogP contribution in [0.2, 0.25) is 0 Å². The topological polar surface area (TPSA) is 109 Å². The predicted molar refractivity (Wildman–Crippen MR) is 156 cm³/mol. The Morgan fingerprint density at radius 2 is 1.74 bits per heavy atom. The maximum Gasteiger partial charge on any atom is 0.416 e. The Bertz CT molecular complexity index is 1800. The van der Waals surface area contributed by atoms with Crippen molar-refractivity contribution >= 4 is 52.2 Å². The van der Waals surface area contributed by atoms with E-state index in [-0.39, 0.29) is 23.1 Å². The van der Waals surface area contributed by atoms with Crippen LogP contribution in [0, 0.1) is 12.8 Å². The molecule has 3 aromatic carbocycles. The second kappa shape index (κ2) is 11.0. The number of thiazole rings is 1. The molecule has 1 saturated heterocycles. The molecule has 6 rings (SSSR count). The molecule has 220 valence electrons. The van der Waals surface area contributed by atoms with Crippen LogP contribution in [0.3, 0.4) is 0 Å². The van der Waals surface area contributed by atoms with Crippen molar-refractivity contribution in [3.63, 3.8) is 0 Å². The van der Waals surface area contributed by atoms with Crippen molar-refractivity contribution in [1.82, 2.24) is 4.98 Å². The van der Waals surface area contributed by atoms with Crippen molar-refractivity contribution in [3.8, 4) is 5.75 Å². The van der Waals surface area contributed by atoms with E-state index in [2.05, 4.69) is 10.3 Å². The Labute approximate surface area is 250 Å². The molecule has 8 nitrogen and oxygen atoms in total. The van der Waals surface area contributed by atoms with Crippen molar-refractivity contribution < 1.29 is 32.3 Å². The highest BCUT2D eigenvalue weighted by atomic mass is 32.2. The number of carbonyl (C=O) groups excluding carboxylic acids is 3. The first-order chi connectivity index (χ1) is 20.5. The van der Waals surface area contributed by atoms with E-state index in [4.69, 9.17) is 4.74 Å². The van der Waals surface area contributed by atoms with E-state index in [1.54, 1.807) is 30.3 Å². The fourth-order valence-electron chi connectivity index (χ4n) is 5.27. The minimum absolute atomic E-state index is 0.164. The zero-order chi connectivity index (χ0) is 30.5. The number of alkyl halides is 3. The van der Waals surface area contributed by atoms with Crippen LogP contribution in [0.4, 0.5) is 24.5 Å². The quantitative estimate of drug-likeness (QED) is 0.271. The van der Waals surface area contributed by atoms with Gasteiger partial charge < -0.3 is 15.0 Å². The zero-order valence-electron chi connectivity index (χ0n) is 22.3. The third kappa shape index (κ3) is 5.45. The largest absolute Gasteiger partial charge is 0.484 e. The molecule has 13 heteroatoms. The Hall–Kier alpha value is -4.36. The third-order valence-corrected chi connectivity index (χ3v) is 9.69. The van der Waals surface area contributed by atoms with Gasteiger partial charge in [0.2, 0.25) is 11.8 Å². The Morgan fingerprint density at radius 3 is 2.47 bits per heavy atom. The molecular formula is C30H22F3N3O5S2. The van der Waals surface area contributed by atoms with Gasteiger partial charge >= 0.3 is 11.0 Å². The van der Waals surface area contributed by atoms with E-state index < -0.39 is 40.6 Å². The number of hydrogen-bond donors (Lipinski definition) is 2. The van der Waals surface area contributed by atoms with Crippen LogP contribution in [0.15, 0.2) is 82.6 Å². The molecule has 3 atom stereocenters. The van der Waals surface area contributed by atoms with Crippen molar-refractivity contribution in [2.75, 3.05) is 16.8 Å². The molecule has 43 heavy (non-hydrogen) atoms. The number of aromatic amines is 1. The number of fused-ring (bicyclic) bond motifs is 2. The van der Waals surface area contributed by atoms with Crippen LogP contribution >= 0.6 is 23.1 Å². The summed E-state index contributed by atoms with van der Waals surface area (Å²) in [5.41, 5.74) is 1.05. The first kappa shape index (κ1) is 28.7. The number of para-hydroxylation sites is 1. The number of imide groups is 1. The van der Waals surface area contributed by atoms with Gasteiger partial charge in [-0.2, -0.15) is 13.2 Å². The van der Waals surface area contributed by atoms with Crippen molar-refractivity contribution in [2.24, 2.45) is 5.92 Å². The van der Waals surface area contributed by atoms with Gasteiger partial charge in [-0.15, -0.1) is 0 Å². The number of aromatic nitrogens is 1. The number of aryl methyl sites for hydroxylation is 1. The summed E-state index contributed by atoms with van der Waals surface area (Å²) in [6.45, 7) is 1.62. The highest BCUT2D eigenvalue weighted by molar-refractivity contribution is 8.00. The maximum absolute atomic E-state index is 13.8. The number of nitrogens with one attached hydrogen (secondary N) is 2. The summed E-state index contributed by atoms with van der Waals surface area (Å²) in [5, 5.41) is 2.28. The van der Waals surface area contributed by atoms with Crippen LogP contribution in [-0.4, -0.2) is 34.6 Å². The normalized spacial score (nSPS) is 19.6. The number of H-pyrrole nitrogens is 1. The first-order valence-corrected chi connectivity index (χ1v) is 14.7. The number of amides is 3. The fourth-order valence-corrected chi connectivity index (χ4v) is 7.79. The molecule has 2 aliphatic rings. The van der Waals surface area contributed by atoms with E-state index in [9.17, 15) is 32.3 Å². The molecule has 4 aromatic rings. The number of anilines is 2. The Kier molecular flexibility index (Phi) is 7.38. The molecule has 3 heterocycles. The SMILES string of the molecule is Cc1ccccc1NC(=O)COc1ccc([C@H]2c3sc(=O)[nH]c3SC3C(=O)N(c4cccc(C(F)(F)F)c4)C(=O)C32)cc1. The maximum atomic E-state index is 13.8. The summed E-state index contributed by atoms with van der Waals surface area (Å²) >= 11 is 1.96. The smallest absolute Gasteiger partial charge is 0.416 e. The molecule has 2 N–H and O–H groups in total. The molecule has 0 aliphatic carbocycles. The number of thioether (sulfide) groups is 1. The summed E-state index contributed by atoms with van der Waals surface area (Å²) in [4.78, 5) is 55.7. The van der Waals surface area contributed by atoms with Gasteiger partial charge in [0.15, 0.2) is 6.61 Å². The Balaban J connectivity index is 1.26. The van der Waals surface area contributed by atoms with Gasteiger partial charge in [0.05, 0.1) is 22.2 Å². The predicted octanol–water partition coefficient (Wildman–Crippen LogP) is 5.58. The van der Waals surface area contributed by atoms with Gasteiger partial charge in [-0.3, -0.25) is 19.2 Å². The summed E-state index contributed by atoms with van der Waals surface area (Å²) in [6.07, 6.45) is -4.65. The second-order valence-electron chi connectivity index (χ2n) is 10.0. The van der Waals surface area contributed by atoms with Crippen molar-refractivity contribution in [2.45, 2.75) is 29.3 Å². The lowest BCUT2D eigenvalue weighted by Crippen LogP contribution is -2.32. The van der Waals surface area contributed by atoms with Crippen LogP contribution in [0.25, 0.3) is 0 Å². The number of carbonyl (C=O) groups is 3. The molecule has 0 bridgehead atoms. The zero-order valence-corrected chi connectivity index (χ0v) is 23.9. The van der Waals surface area contributed by atoms with Gasteiger partial charge in [0.1, 0.15) is 11.0 Å². The number of benzene rings is 3. The molecule has 3 amide bonds. The highest BCUT2D eigenvalue weighted by Gasteiger charge is 2.56. The molecule has 2 aliphatic heterocycles. The van der Waals surface area contributed by atoms with Gasteiger partial charge in [0, 0.05) is 16.5 Å². The lowest BCUT2D eigenvalue weighted by molar-refractivity contribution is -0.137. The highest BCUT2D eigenvalue weighted by Crippen LogP contribution is 2.53. The molecule has 0 radical (unpaired) electrons. The number of nitrogens with zero attached hydrogens (tertiary/aromatic N) is 1. The average Bonchev–Trinajstić information content (AvgIpc) is 3.47. The summed E-state index contributed by atoms with van der Waals surface area (Å²) in [5.74, 6) is -2.94. The lowest BCUT2D eigenvalue weighted by atomic mass is 9.83. The van der Waals surface area contributed by atoms with Gasteiger partial charge in [-0.25, -0.2) is 4.90 Å². The molecule has 1 fully saturated rings. The van der Waals surface area contributed by atoms with E-state index in [1.807, 2.05) is 25.1 Å². The summed E-state index contributed by atoms with van der Waals surface area (Å²) < 4.78 is 45.8. The third-order valence-electron chi connectivity index (χ3n) is 7.28. The molecule has 1 aromatic heterocycles. The molecular weight excluding hydrogens is 603 g/mol. The van der Waals surface area contributed by atoms with Gasteiger partial charge in [0.25, 0.3) is 5.91 Å². The number of halogens is 3. The van der Waals surface area contributed by atoms with E-state index in [0.29, 0.717) is 26.9 Å². The van der Waals surface area contributed by atoms with E-state index in [0.717, 1.165) is 51.8 Å². The first-order valence-electron chi connectivity index (χ1n) is 13.0. The van der Waals surface area contributed by atoms with Crippen molar-refractivity contribution in [1.29, 1.82) is 0 Å². The van der Waals surface area contributed by atoms with Crippen LogP contribution in [0.5, 0.6) is 5.75 Å². The van der Waals surface area contributed by atoms with E-state index in [1.165, 1.54) is 6.07 Å². The summed E-state index contributed by atoms with van der Waals surface area (Å²) in [7, 11) is 0. The van der Waals surface area contributed by atoms with E-state index >= 15 is 0 Å².